The van der Waals surface area contributed by atoms with Crippen LogP contribution in [0, 0.1) is 0 Å². The minimum absolute atomic E-state index is 0.694. The summed E-state index contributed by atoms with van der Waals surface area (Å²) < 4.78 is 0. The molecule has 1 rings (SSSR count). The molecule has 2 atom stereocenters. The molecule has 0 spiro atoms. The summed E-state index contributed by atoms with van der Waals surface area (Å²) >= 11 is 0. The molecule has 0 aliphatic carbocycles. The van der Waals surface area contributed by atoms with Crippen LogP contribution in [0.4, 0.5) is 0 Å². The molecular formula is C11H24N2. The van der Waals surface area contributed by atoms with Crippen molar-refractivity contribution in [3.05, 3.63) is 0 Å². The van der Waals surface area contributed by atoms with Crippen molar-refractivity contribution in [3.63, 3.8) is 0 Å². The Morgan fingerprint density at radius 1 is 1.23 bits per heavy atom. The third kappa shape index (κ3) is 3.65. The topological polar surface area (TPSA) is 15.3 Å². The normalized spacial score (nSPS) is 32.5. The lowest BCUT2D eigenvalue weighted by Crippen LogP contribution is -2.43. The van der Waals surface area contributed by atoms with Crippen LogP contribution in [0.15, 0.2) is 0 Å². The molecule has 0 saturated carbocycles. The lowest BCUT2D eigenvalue weighted by molar-refractivity contribution is 0.221. The largest absolute Gasteiger partial charge is 0.311 e. The second-order valence-corrected chi connectivity index (χ2v) is 4.18. The zero-order valence-electron chi connectivity index (χ0n) is 9.34. The Morgan fingerprint density at radius 3 is 2.54 bits per heavy atom. The van der Waals surface area contributed by atoms with E-state index in [-0.39, 0.29) is 0 Å². The Hall–Kier alpha value is -0.0800. The van der Waals surface area contributed by atoms with E-state index in [0.29, 0.717) is 6.04 Å². The van der Waals surface area contributed by atoms with Crippen LogP contribution in [-0.2, 0) is 0 Å². The SMILES string of the molecule is CCC1CCN(CC)CCC(C)N1. The Bertz CT molecular complexity index is 136. The van der Waals surface area contributed by atoms with Gasteiger partial charge in [0.25, 0.3) is 0 Å². The van der Waals surface area contributed by atoms with Gasteiger partial charge < -0.3 is 10.2 Å². The van der Waals surface area contributed by atoms with Crippen LogP contribution >= 0.6 is 0 Å². The fourth-order valence-electron chi connectivity index (χ4n) is 2.03. The standard InChI is InChI=1S/C11H24N2/c1-4-11-7-9-13(5-2)8-6-10(3)12-11/h10-12H,4-9H2,1-3H3. The Morgan fingerprint density at radius 2 is 1.92 bits per heavy atom. The summed E-state index contributed by atoms with van der Waals surface area (Å²) in [6.45, 7) is 10.6. The van der Waals surface area contributed by atoms with Gasteiger partial charge in [0.05, 0.1) is 0 Å². The van der Waals surface area contributed by atoms with E-state index in [1.54, 1.807) is 0 Å². The predicted octanol–water partition coefficient (Wildman–Crippen LogP) is 1.86. The Balaban J connectivity index is 2.40. The average molecular weight is 184 g/mol. The van der Waals surface area contributed by atoms with Crippen molar-refractivity contribution in [2.45, 2.75) is 52.1 Å². The van der Waals surface area contributed by atoms with Crippen molar-refractivity contribution in [2.75, 3.05) is 19.6 Å². The highest BCUT2D eigenvalue weighted by Crippen LogP contribution is 2.08. The molecule has 0 amide bonds. The van der Waals surface area contributed by atoms with Gasteiger partial charge in [-0.05, 0) is 45.8 Å². The molecule has 0 aromatic heterocycles. The van der Waals surface area contributed by atoms with E-state index in [1.165, 1.54) is 38.9 Å². The van der Waals surface area contributed by atoms with Gasteiger partial charge in [0.1, 0.15) is 0 Å². The van der Waals surface area contributed by atoms with Crippen molar-refractivity contribution < 1.29 is 0 Å². The van der Waals surface area contributed by atoms with Crippen LogP contribution < -0.4 is 5.32 Å². The van der Waals surface area contributed by atoms with Crippen LogP contribution in [0.25, 0.3) is 0 Å². The maximum Gasteiger partial charge on any atom is 0.00790 e. The number of hydrogen-bond donors (Lipinski definition) is 1. The predicted molar refractivity (Wildman–Crippen MR) is 58.0 cm³/mol. The van der Waals surface area contributed by atoms with E-state index >= 15 is 0 Å². The van der Waals surface area contributed by atoms with Crippen molar-refractivity contribution >= 4 is 0 Å². The fourth-order valence-corrected chi connectivity index (χ4v) is 2.03. The molecule has 0 bridgehead atoms. The minimum atomic E-state index is 0.694. The smallest absolute Gasteiger partial charge is 0.00790 e. The van der Waals surface area contributed by atoms with E-state index in [2.05, 4.69) is 31.0 Å². The zero-order valence-corrected chi connectivity index (χ0v) is 9.34. The number of rotatable bonds is 2. The zero-order chi connectivity index (χ0) is 9.68. The van der Waals surface area contributed by atoms with Gasteiger partial charge in [-0.2, -0.15) is 0 Å². The highest BCUT2D eigenvalue weighted by molar-refractivity contribution is 4.76. The summed E-state index contributed by atoms with van der Waals surface area (Å²) in [5.74, 6) is 0. The molecule has 1 fully saturated rings. The van der Waals surface area contributed by atoms with Crippen molar-refractivity contribution in [2.24, 2.45) is 0 Å². The fraction of sp³-hybridized carbons (Fsp3) is 1.00. The number of hydrogen-bond acceptors (Lipinski definition) is 2. The molecule has 1 aliphatic rings. The molecule has 1 N–H and O–H groups in total. The van der Waals surface area contributed by atoms with Gasteiger partial charge in [-0.25, -0.2) is 0 Å². The number of nitrogens with zero attached hydrogens (tertiary/aromatic N) is 1. The van der Waals surface area contributed by atoms with E-state index in [1.807, 2.05) is 0 Å². The van der Waals surface area contributed by atoms with E-state index in [4.69, 9.17) is 0 Å². The van der Waals surface area contributed by atoms with Crippen molar-refractivity contribution in [1.29, 1.82) is 0 Å². The summed E-state index contributed by atoms with van der Waals surface area (Å²) in [5, 5.41) is 3.69. The molecule has 78 valence electrons. The maximum atomic E-state index is 3.69. The van der Waals surface area contributed by atoms with Gasteiger partial charge in [0.15, 0.2) is 0 Å². The van der Waals surface area contributed by atoms with Crippen LogP contribution in [0.1, 0.15) is 40.0 Å². The first-order valence-electron chi connectivity index (χ1n) is 5.74. The first-order chi connectivity index (χ1) is 6.26. The lowest BCUT2D eigenvalue weighted by Gasteiger charge is -2.31. The maximum absolute atomic E-state index is 3.69. The molecule has 1 aliphatic heterocycles. The van der Waals surface area contributed by atoms with Crippen LogP contribution in [0.2, 0.25) is 0 Å². The monoisotopic (exact) mass is 184 g/mol. The molecule has 0 aromatic carbocycles. The summed E-state index contributed by atoms with van der Waals surface area (Å²) in [5.41, 5.74) is 0. The van der Waals surface area contributed by atoms with Gasteiger partial charge in [0.2, 0.25) is 0 Å². The summed E-state index contributed by atoms with van der Waals surface area (Å²) in [7, 11) is 0. The molecule has 2 heteroatoms. The Kier molecular flexibility index (Phi) is 4.74. The Labute approximate surface area is 82.7 Å². The molecule has 2 nitrogen and oxygen atoms in total. The quantitative estimate of drug-likeness (QED) is 0.704. The molecule has 2 unspecified atom stereocenters. The number of nitrogens with one attached hydrogen (secondary N) is 1. The third-order valence-corrected chi connectivity index (χ3v) is 3.13. The molecule has 0 radical (unpaired) electrons. The average Bonchev–Trinajstić information content (AvgIpc) is 2.12. The summed E-state index contributed by atoms with van der Waals surface area (Å²) in [6, 6.07) is 1.43. The van der Waals surface area contributed by atoms with Gasteiger partial charge in [0, 0.05) is 12.1 Å². The molecular weight excluding hydrogens is 160 g/mol. The van der Waals surface area contributed by atoms with Gasteiger partial charge >= 0.3 is 0 Å². The highest BCUT2D eigenvalue weighted by Gasteiger charge is 2.16. The molecule has 1 heterocycles. The lowest BCUT2D eigenvalue weighted by atomic mass is 10.1. The van der Waals surface area contributed by atoms with Crippen LogP contribution in [0.5, 0.6) is 0 Å². The summed E-state index contributed by atoms with van der Waals surface area (Å²) in [6.07, 6.45) is 3.88. The van der Waals surface area contributed by atoms with Crippen molar-refractivity contribution in [3.8, 4) is 0 Å². The second kappa shape index (κ2) is 5.61. The van der Waals surface area contributed by atoms with Gasteiger partial charge in [-0.15, -0.1) is 0 Å². The molecule has 1 saturated heterocycles. The van der Waals surface area contributed by atoms with Gasteiger partial charge in [-0.3, -0.25) is 0 Å². The highest BCUT2D eigenvalue weighted by atomic mass is 15.1. The summed E-state index contributed by atoms with van der Waals surface area (Å²) in [4.78, 5) is 2.57. The third-order valence-electron chi connectivity index (χ3n) is 3.13. The first kappa shape index (κ1) is 11.0. The van der Waals surface area contributed by atoms with E-state index in [0.717, 1.165) is 6.04 Å². The first-order valence-corrected chi connectivity index (χ1v) is 5.74. The van der Waals surface area contributed by atoms with Crippen molar-refractivity contribution in [1.82, 2.24) is 10.2 Å². The van der Waals surface area contributed by atoms with Gasteiger partial charge in [-0.1, -0.05) is 13.8 Å². The van der Waals surface area contributed by atoms with Crippen LogP contribution in [0.3, 0.4) is 0 Å². The van der Waals surface area contributed by atoms with E-state index < -0.39 is 0 Å². The molecule has 13 heavy (non-hydrogen) atoms. The second-order valence-electron chi connectivity index (χ2n) is 4.18. The minimum Gasteiger partial charge on any atom is -0.311 e. The molecule has 0 aromatic rings. The van der Waals surface area contributed by atoms with Crippen LogP contribution in [-0.4, -0.2) is 36.6 Å². The van der Waals surface area contributed by atoms with E-state index in [9.17, 15) is 0 Å².